The number of carbonyl (C=O) groups is 1. The second-order valence-electron chi connectivity index (χ2n) is 4.16. The third-order valence-corrected chi connectivity index (χ3v) is 3.44. The first-order valence-electron chi connectivity index (χ1n) is 5.54. The SMILES string of the molecule is CCOC(=O)c1nc(Br)n(C2CC2C(F)(F)F)c1N. The molecule has 2 atom stereocenters. The zero-order valence-electron chi connectivity index (χ0n) is 9.87. The second kappa shape index (κ2) is 4.69. The van der Waals surface area contributed by atoms with E-state index in [9.17, 15) is 18.0 Å². The highest BCUT2D eigenvalue weighted by Gasteiger charge is 2.57. The largest absolute Gasteiger partial charge is 0.461 e. The fraction of sp³-hybridized carbons (Fsp3) is 0.600. The number of nitrogen functional groups attached to an aromatic ring is 1. The fourth-order valence-corrected chi connectivity index (χ4v) is 2.53. The van der Waals surface area contributed by atoms with Crippen molar-refractivity contribution in [1.82, 2.24) is 9.55 Å². The minimum atomic E-state index is -4.27. The molecular formula is C10H11BrF3N3O2. The first-order chi connectivity index (χ1) is 8.77. The summed E-state index contributed by atoms with van der Waals surface area (Å²) in [6.07, 6.45) is -4.34. The van der Waals surface area contributed by atoms with E-state index in [0.717, 1.165) is 0 Å². The van der Waals surface area contributed by atoms with Crippen LogP contribution in [0.5, 0.6) is 0 Å². The van der Waals surface area contributed by atoms with Crippen LogP contribution in [0.15, 0.2) is 4.73 Å². The van der Waals surface area contributed by atoms with Gasteiger partial charge in [0.2, 0.25) is 0 Å². The van der Waals surface area contributed by atoms with Crippen molar-refractivity contribution in [2.45, 2.75) is 25.6 Å². The zero-order chi connectivity index (χ0) is 14.4. The zero-order valence-corrected chi connectivity index (χ0v) is 11.5. The lowest BCUT2D eigenvalue weighted by Gasteiger charge is -2.08. The van der Waals surface area contributed by atoms with E-state index in [2.05, 4.69) is 20.9 Å². The highest BCUT2D eigenvalue weighted by Crippen LogP contribution is 2.55. The molecule has 2 N–H and O–H groups in total. The van der Waals surface area contributed by atoms with Crippen molar-refractivity contribution in [1.29, 1.82) is 0 Å². The van der Waals surface area contributed by atoms with Gasteiger partial charge in [-0.25, -0.2) is 9.78 Å². The molecule has 106 valence electrons. The summed E-state index contributed by atoms with van der Waals surface area (Å²) in [7, 11) is 0. The Balaban J connectivity index is 2.27. The van der Waals surface area contributed by atoms with Gasteiger partial charge in [-0.1, -0.05) is 0 Å². The van der Waals surface area contributed by atoms with Crippen molar-refractivity contribution in [3.05, 3.63) is 10.4 Å². The molecule has 2 unspecified atom stereocenters. The molecule has 0 aromatic carbocycles. The molecular weight excluding hydrogens is 331 g/mol. The standard InChI is InChI=1S/C10H11BrF3N3O2/c1-2-19-8(18)6-7(15)17(9(11)16-6)5-3-4(5)10(12,13)14/h4-5H,2-3,15H2,1H3. The van der Waals surface area contributed by atoms with Gasteiger partial charge in [-0.3, -0.25) is 0 Å². The Kier molecular flexibility index (Phi) is 3.50. The molecule has 1 aromatic heterocycles. The minimum Gasteiger partial charge on any atom is -0.461 e. The lowest BCUT2D eigenvalue weighted by molar-refractivity contribution is -0.150. The van der Waals surface area contributed by atoms with Gasteiger partial charge in [0.15, 0.2) is 10.4 Å². The van der Waals surface area contributed by atoms with Crippen LogP contribution < -0.4 is 5.73 Å². The van der Waals surface area contributed by atoms with Crippen LogP contribution >= 0.6 is 15.9 Å². The molecule has 0 aliphatic heterocycles. The smallest absolute Gasteiger partial charge is 0.393 e. The van der Waals surface area contributed by atoms with Crippen LogP contribution in [0.25, 0.3) is 0 Å². The lowest BCUT2D eigenvalue weighted by Crippen LogP contribution is -2.15. The van der Waals surface area contributed by atoms with Crippen molar-refractivity contribution in [3.63, 3.8) is 0 Å². The maximum absolute atomic E-state index is 12.5. The number of ether oxygens (including phenoxy) is 1. The van der Waals surface area contributed by atoms with Gasteiger partial charge in [0, 0.05) is 6.04 Å². The third kappa shape index (κ3) is 2.56. The van der Waals surface area contributed by atoms with Gasteiger partial charge in [-0.2, -0.15) is 13.2 Å². The van der Waals surface area contributed by atoms with E-state index in [1.54, 1.807) is 6.92 Å². The molecule has 1 aliphatic rings. The van der Waals surface area contributed by atoms with Gasteiger partial charge in [-0.15, -0.1) is 0 Å². The van der Waals surface area contributed by atoms with E-state index in [4.69, 9.17) is 10.5 Å². The van der Waals surface area contributed by atoms with E-state index in [0.29, 0.717) is 0 Å². The van der Waals surface area contributed by atoms with Crippen LogP contribution in [0.3, 0.4) is 0 Å². The first kappa shape index (κ1) is 14.2. The van der Waals surface area contributed by atoms with E-state index >= 15 is 0 Å². The molecule has 9 heteroatoms. The average molecular weight is 342 g/mol. The summed E-state index contributed by atoms with van der Waals surface area (Å²) in [5.41, 5.74) is 5.52. The molecule has 0 amide bonds. The van der Waals surface area contributed by atoms with Gasteiger partial charge in [0.05, 0.1) is 12.5 Å². The molecule has 19 heavy (non-hydrogen) atoms. The number of imidazole rings is 1. The van der Waals surface area contributed by atoms with E-state index in [1.165, 1.54) is 4.57 Å². The fourth-order valence-electron chi connectivity index (χ4n) is 1.90. The molecule has 0 spiro atoms. The maximum atomic E-state index is 12.5. The monoisotopic (exact) mass is 341 g/mol. The van der Waals surface area contributed by atoms with Crippen molar-refractivity contribution in [2.24, 2.45) is 5.92 Å². The molecule has 0 saturated heterocycles. The topological polar surface area (TPSA) is 70.1 Å². The number of halogens is 4. The van der Waals surface area contributed by atoms with Crippen molar-refractivity contribution in [2.75, 3.05) is 12.3 Å². The van der Waals surface area contributed by atoms with Crippen LogP contribution in [0.4, 0.5) is 19.0 Å². The highest BCUT2D eigenvalue weighted by atomic mass is 79.9. The van der Waals surface area contributed by atoms with E-state index in [1.807, 2.05) is 0 Å². The molecule has 1 aliphatic carbocycles. The summed E-state index contributed by atoms with van der Waals surface area (Å²) < 4.78 is 43.7. The number of aromatic nitrogens is 2. The van der Waals surface area contributed by atoms with Crippen LogP contribution in [-0.2, 0) is 4.74 Å². The van der Waals surface area contributed by atoms with Crippen molar-refractivity contribution >= 4 is 27.7 Å². The normalized spacial score (nSPS) is 22.4. The molecule has 1 aromatic rings. The molecule has 2 rings (SSSR count). The number of nitrogens with two attached hydrogens (primary N) is 1. The number of anilines is 1. The predicted octanol–water partition coefficient (Wildman–Crippen LogP) is 2.53. The summed E-state index contributed by atoms with van der Waals surface area (Å²) in [5, 5.41) is 0. The number of rotatable bonds is 3. The molecule has 1 heterocycles. The van der Waals surface area contributed by atoms with E-state index in [-0.39, 0.29) is 29.3 Å². The van der Waals surface area contributed by atoms with E-state index < -0.39 is 24.1 Å². The molecule has 5 nitrogen and oxygen atoms in total. The van der Waals surface area contributed by atoms with Crippen LogP contribution in [0, 0.1) is 5.92 Å². The van der Waals surface area contributed by atoms with Crippen LogP contribution in [0.2, 0.25) is 0 Å². The van der Waals surface area contributed by atoms with Gasteiger partial charge in [0.1, 0.15) is 5.82 Å². The number of esters is 1. The van der Waals surface area contributed by atoms with Gasteiger partial charge < -0.3 is 15.0 Å². The molecule has 1 fully saturated rings. The molecule has 1 saturated carbocycles. The van der Waals surface area contributed by atoms with Gasteiger partial charge in [0.25, 0.3) is 0 Å². The Morgan fingerprint density at radius 1 is 1.63 bits per heavy atom. The van der Waals surface area contributed by atoms with Gasteiger partial charge >= 0.3 is 12.1 Å². The molecule has 0 bridgehead atoms. The van der Waals surface area contributed by atoms with Crippen LogP contribution in [0.1, 0.15) is 29.9 Å². The summed E-state index contributed by atoms with van der Waals surface area (Å²) in [4.78, 5) is 15.4. The van der Waals surface area contributed by atoms with Crippen LogP contribution in [-0.4, -0.2) is 28.3 Å². The average Bonchev–Trinajstić information content (AvgIpc) is 3.01. The first-order valence-corrected chi connectivity index (χ1v) is 6.33. The minimum absolute atomic E-state index is 0.0646. The number of alkyl halides is 3. The maximum Gasteiger partial charge on any atom is 0.393 e. The van der Waals surface area contributed by atoms with Crippen molar-refractivity contribution in [3.8, 4) is 0 Å². The van der Waals surface area contributed by atoms with Gasteiger partial charge in [-0.05, 0) is 29.3 Å². The molecule has 0 radical (unpaired) electrons. The Hall–Kier alpha value is -1.25. The second-order valence-corrected chi connectivity index (χ2v) is 4.87. The summed E-state index contributed by atoms with van der Waals surface area (Å²) >= 11 is 3.02. The quantitative estimate of drug-likeness (QED) is 0.857. The number of hydrogen-bond donors (Lipinski definition) is 1. The number of hydrogen-bond acceptors (Lipinski definition) is 4. The Morgan fingerprint density at radius 2 is 2.26 bits per heavy atom. The summed E-state index contributed by atoms with van der Waals surface area (Å²) in [6.45, 7) is 1.75. The number of carbonyl (C=O) groups excluding carboxylic acids is 1. The highest BCUT2D eigenvalue weighted by molar-refractivity contribution is 9.10. The summed E-state index contributed by atoms with van der Waals surface area (Å²) in [5.74, 6) is -2.30. The third-order valence-electron chi connectivity index (χ3n) is 2.88. The summed E-state index contributed by atoms with van der Waals surface area (Å²) in [6, 6.07) is -0.815. The van der Waals surface area contributed by atoms with Crippen molar-refractivity contribution < 1.29 is 22.7 Å². The Labute approximate surface area is 115 Å². The lowest BCUT2D eigenvalue weighted by atomic mass is 10.4. The number of nitrogens with zero attached hydrogens (tertiary/aromatic N) is 2. The Bertz CT molecular complexity index is 515. The Morgan fingerprint density at radius 3 is 2.74 bits per heavy atom. The predicted molar refractivity (Wildman–Crippen MR) is 63.5 cm³/mol.